The lowest BCUT2D eigenvalue weighted by Gasteiger charge is -2.28. The van der Waals surface area contributed by atoms with Crippen molar-refractivity contribution in [2.75, 3.05) is 6.54 Å². The lowest BCUT2D eigenvalue weighted by Crippen LogP contribution is -2.39. The van der Waals surface area contributed by atoms with Crippen LogP contribution in [0.15, 0.2) is 5.38 Å². The maximum Gasteiger partial charge on any atom is 0.310 e. The van der Waals surface area contributed by atoms with E-state index in [0.717, 1.165) is 10.7 Å². The van der Waals surface area contributed by atoms with Crippen LogP contribution in [-0.4, -0.2) is 28.5 Å². The number of nitrogens with zero attached hydrogens (tertiary/aromatic N) is 1. The maximum absolute atomic E-state index is 11.9. The van der Waals surface area contributed by atoms with E-state index < -0.39 is 11.4 Å². The Hall–Kier alpha value is -1.43. The fraction of sp³-hybridized carbons (Fsp3) is 0.643. The zero-order valence-corrected chi connectivity index (χ0v) is 13.2. The van der Waals surface area contributed by atoms with Gasteiger partial charge >= 0.3 is 5.97 Å². The number of hydrogen-bond acceptors (Lipinski definition) is 4. The number of aryl methyl sites for hydroxylation is 1. The van der Waals surface area contributed by atoms with Crippen molar-refractivity contribution in [1.29, 1.82) is 0 Å². The number of aliphatic carboxylic acids is 1. The first kappa shape index (κ1) is 16.6. The first-order chi connectivity index (χ1) is 9.25. The molecule has 0 aromatic carbocycles. The molecule has 0 aliphatic carbocycles. The van der Waals surface area contributed by atoms with Crippen LogP contribution in [0.5, 0.6) is 0 Å². The van der Waals surface area contributed by atoms with Gasteiger partial charge in [-0.05, 0) is 19.8 Å². The minimum Gasteiger partial charge on any atom is -0.481 e. The van der Waals surface area contributed by atoms with Gasteiger partial charge in [-0.1, -0.05) is 13.8 Å². The summed E-state index contributed by atoms with van der Waals surface area (Å²) >= 11 is 1.57. The molecule has 0 aliphatic rings. The van der Waals surface area contributed by atoms with E-state index >= 15 is 0 Å². The lowest BCUT2D eigenvalue weighted by atomic mass is 9.76. The van der Waals surface area contributed by atoms with Crippen molar-refractivity contribution in [2.24, 2.45) is 11.3 Å². The highest BCUT2D eigenvalue weighted by molar-refractivity contribution is 7.09. The van der Waals surface area contributed by atoms with Crippen LogP contribution < -0.4 is 5.32 Å². The highest BCUT2D eigenvalue weighted by Crippen LogP contribution is 2.31. The molecule has 2 N–H and O–H groups in total. The van der Waals surface area contributed by atoms with Crippen molar-refractivity contribution in [2.45, 2.75) is 40.5 Å². The molecular formula is C14H22N2O3S. The Bertz CT molecular complexity index is 485. The zero-order valence-electron chi connectivity index (χ0n) is 12.4. The average molecular weight is 298 g/mol. The van der Waals surface area contributed by atoms with Crippen molar-refractivity contribution < 1.29 is 14.7 Å². The number of rotatable bonds is 7. The summed E-state index contributed by atoms with van der Waals surface area (Å²) < 4.78 is 0. The Labute approximate surface area is 123 Å². The summed E-state index contributed by atoms with van der Waals surface area (Å²) in [5.41, 5.74) is -0.0448. The predicted molar refractivity (Wildman–Crippen MR) is 78.8 cm³/mol. The van der Waals surface area contributed by atoms with Gasteiger partial charge in [0.15, 0.2) is 0 Å². The van der Waals surface area contributed by atoms with Crippen LogP contribution in [0.25, 0.3) is 0 Å². The van der Waals surface area contributed by atoms with Crippen molar-refractivity contribution in [3.63, 3.8) is 0 Å². The molecule has 0 saturated heterocycles. The van der Waals surface area contributed by atoms with E-state index in [1.165, 1.54) is 0 Å². The summed E-state index contributed by atoms with van der Waals surface area (Å²) in [7, 11) is 0. The van der Waals surface area contributed by atoms with Gasteiger partial charge in [0.2, 0.25) is 5.91 Å². The van der Waals surface area contributed by atoms with E-state index in [9.17, 15) is 14.7 Å². The molecule has 1 aromatic heterocycles. The summed E-state index contributed by atoms with van der Waals surface area (Å²) in [6.45, 7) is 7.67. The molecule has 0 bridgehead atoms. The van der Waals surface area contributed by atoms with Crippen molar-refractivity contribution in [3.8, 4) is 0 Å². The van der Waals surface area contributed by atoms with Crippen molar-refractivity contribution in [3.05, 3.63) is 16.1 Å². The number of carbonyl (C=O) groups excluding carboxylic acids is 1. The van der Waals surface area contributed by atoms with Gasteiger partial charge in [0.05, 0.1) is 10.4 Å². The zero-order chi connectivity index (χ0) is 15.3. The van der Waals surface area contributed by atoms with Gasteiger partial charge in [0.1, 0.15) is 0 Å². The first-order valence-electron chi connectivity index (χ1n) is 6.67. The number of amides is 1. The second-order valence-corrected chi connectivity index (χ2v) is 6.48. The number of hydrogen-bond donors (Lipinski definition) is 2. The smallest absolute Gasteiger partial charge is 0.310 e. The number of thiazole rings is 1. The molecule has 112 valence electrons. The van der Waals surface area contributed by atoms with Crippen molar-refractivity contribution in [1.82, 2.24) is 10.3 Å². The van der Waals surface area contributed by atoms with Gasteiger partial charge in [0, 0.05) is 30.5 Å². The van der Waals surface area contributed by atoms with Crippen LogP contribution in [0.4, 0.5) is 0 Å². The second-order valence-electron chi connectivity index (χ2n) is 5.54. The minimum atomic E-state index is -1.03. The van der Waals surface area contributed by atoms with Gasteiger partial charge in [0.25, 0.3) is 0 Å². The average Bonchev–Trinajstić information content (AvgIpc) is 2.74. The molecule has 20 heavy (non-hydrogen) atoms. The largest absolute Gasteiger partial charge is 0.481 e. The number of carboxylic acid groups (broad SMARTS) is 1. The summed E-state index contributed by atoms with van der Waals surface area (Å²) in [6, 6.07) is 0. The topological polar surface area (TPSA) is 79.3 Å². The molecule has 1 heterocycles. The highest BCUT2D eigenvalue weighted by Gasteiger charge is 2.38. The molecule has 0 spiro atoms. The molecular weight excluding hydrogens is 276 g/mol. The fourth-order valence-electron chi connectivity index (χ4n) is 1.75. The monoisotopic (exact) mass is 298 g/mol. The van der Waals surface area contributed by atoms with Crippen LogP contribution >= 0.6 is 11.3 Å². The van der Waals surface area contributed by atoms with E-state index in [1.54, 1.807) is 18.3 Å². The molecule has 5 nitrogen and oxygen atoms in total. The van der Waals surface area contributed by atoms with E-state index in [1.807, 2.05) is 26.2 Å². The number of nitrogens with one attached hydrogen (secondary N) is 1. The molecule has 1 amide bonds. The summed E-state index contributed by atoms with van der Waals surface area (Å²) in [5.74, 6) is -1.26. The van der Waals surface area contributed by atoms with Crippen LogP contribution in [0.3, 0.4) is 0 Å². The number of carboxylic acids is 1. The van der Waals surface area contributed by atoms with Gasteiger partial charge in [-0.3, -0.25) is 9.59 Å². The maximum atomic E-state index is 11.9. The van der Waals surface area contributed by atoms with Gasteiger partial charge in [-0.2, -0.15) is 0 Å². The van der Waals surface area contributed by atoms with Crippen LogP contribution in [-0.2, 0) is 16.0 Å². The van der Waals surface area contributed by atoms with E-state index in [2.05, 4.69) is 10.3 Å². The van der Waals surface area contributed by atoms with E-state index in [0.29, 0.717) is 13.0 Å². The van der Waals surface area contributed by atoms with Gasteiger partial charge < -0.3 is 10.4 Å². The Balaban J connectivity index is 2.45. The molecule has 0 aliphatic heterocycles. The molecule has 1 rings (SSSR count). The predicted octanol–water partition coefficient (Wildman–Crippen LogP) is 2.25. The van der Waals surface area contributed by atoms with Crippen LogP contribution in [0.1, 0.15) is 37.9 Å². The third kappa shape index (κ3) is 4.30. The normalized spacial score (nSPS) is 14.1. The quantitative estimate of drug-likeness (QED) is 0.809. The third-order valence-corrected chi connectivity index (χ3v) is 4.64. The Morgan fingerprint density at radius 3 is 2.60 bits per heavy atom. The Morgan fingerprint density at radius 1 is 1.50 bits per heavy atom. The Morgan fingerprint density at radius 2 is 2.15 bits per heavy atom. The molecule has 1 atom stereocenters. The van der Waals surface area contributed by atoms with Crippen molar-refractivity contribution >= 4 is 23.2 Å². The minimum absolute atomic E-state index is 0.00308. The lowest BCUT2D eigenvalue weighted by molar-refractivity contribution is -0.153. The molecule has 0 fully saturated rings. The Kier molecular flexibility index (Phi) is 5.68. The fourth-order valence-corrected chi connectivity index (χ4v) is 2.53. The summed E-state index contributed by atoms with van der Waals surface area (Å²) in [4.78, 5) is 27.5. The van der Waals surface area contributed by atoms with Crippen LogP contribution in [0.2, 0.25) is 0 Å². The van der Waals surface area contributed by atoms with E-state index in [-0.39, 0.29) is 18.2 Å². The molecule has 0 saturated carbocycles. The molecule has 0 radical (unpaired) electrons. The number of aromatic nitrogens is 1. The third-order valence-electron chi connectivity index (χ3n) is 3.62. The van der Waals surface area contributed by atoms with Gasteiger partial charge in [-0.25, -0.2) is 4.98 Å². The SMILES string of the molecule is Cc1csc(CCNC(=O)CC(C)(C(=O)O)C(C)C)n1. The first-order valence-corrected chi connectivity index (χ1v) is 7.54. The molecule has 1 aromatic rings. The second kappa shape index (κ2) is 6.83. The summed E-state index contributed by atoms with van der Waals surface area (Å²) in [6.07, 6.45) is 0.673. The van der Waals surface area contributed by atoms with Crippen LogP contribution in [0, 0.1) is 18.3 Å². The standard InChI is InChI=1S/C14H22N2O3S/c1-9(2)14(4,13(18)19)7-11(17)15-6-5-12-16-10(3)8-20-12/h8-9H,5-7H2,1-4H3,(H,15,17)(H,18,19). The molecule has 6 heteroatoms. The number of carbonyl (C=O) groups is 2. The van der Waals surface area contributed by atoms with Gasteiger partial charge in [-0.15, -0.1) is 11.3 Å². The molecule has 1 unspecified atom stereocenters. The summed E-state index contributed by atoms with van der Waals surface area (Å²) in [5, 5.41) is 15.0. The van der Waals surface area contributed by atoms with E-state index in [4.69, 9.17) is 0 Å². The highest BCUT2D eigenvalue weighted by atomic mass is 32.1.